The van der Waals surface area contributed by atoms with E-state index in [0.29, 0.717) is 18.5 Å². The van der Waals surface area contributed by atoms with E-state index in [1.165, 1.54) is 24.5 Å². The SMILES string of the molecule is Cc1csc([C@H]2CCCN2C(=O)c2cc(-c3nnc([C@](C)(N)Cc4ccccc4)o3)cc(N(C)S(C)(=O)=O)n2)n1. The summed E-state index contributed by atoms with van der Waals surface area (Å²) in [6.45, 7) is 4.26. The van der Waals surface area contributed by atoms with E-state index in [0.717, 1.165) is 39.7 Å². The van der Waals surface area contributed by atoms with Crippen LogP contribution in [0, 0.1) is 6.92 Å². The molecule has 0 unspecified atom stereocenters. The molecule has 1 fully saturated rings. The number of aryl methyl sites for hydroxylation is 1. The molecule has 1 aliphatic rings. The van der Waals surface area contributed by atoms with Crippen molar-refractivity contribution < 1.29 is 17.6 Å². The number of hydrogen-bond donors (Lipinski definition) is 1. The van der Waals surface area contributed by atoms with Gasteiger partial charge in [0.05, 0.1) is 17.8 Å². The second-order valence-corrected chi connectivity index (χ2v) is 13.2. The number of hydrogen-bond acceptors (Lipinski definition) is 10. The Morgan fingerprint density at radius 2 is 1.98 bits per heavy atom. The van der Waals surface area contributed by atoms with E-state index in [4.69, 9.17) is 10.2 Å². The van der Waals surface area contributed by atoms with E-state index in [-0.39, 0.29) is 35.2 Å². The van der Waals surface area contributed by atoms with Gasteiger partial charge in [-0.05, 0) is 50.8 Å². The van der Waals surface area contributed by atoms with Crippen molar-refractivity contribution in [2.45, 2.75) is 44.7 Å². The predicted octanol–water partition coefficient (Wildman–Crippen LogP) is 3.69. The molecule has 1 aliphatic heterocycles. The first kappa shape index (κ1) is 27.9. The van der Waals surface area contributed by atoms with Gasteiger partial charge >= 0.3 is 0 Å². The molecule has 4 aromatic rings. The maximum atomic E-state index is 13.8. The average Bonchev–Trinajstić information content (AvgIpc) is 3.68. The number of nitrogens with two attached hydrogens (primary N) is 1. The first-order valence-electron chi connectivity index (χ1n) is 12.8. The van der Waals surface area contributed by atoms with Crippen LogP contribution in [0.1, 0.15) is 58.5 Å². The molecule has 13 heteroatoms. The Morgan fingerprint density at radius 1 is 1.23 bits per heavy atom. The summed E-state index contributed by atoms with van der Waals surface area (Å²) in [6, 6.07) is 12.6. The van der Waals surface area contributed by atoms with Gasteiger partial charge in [0.1, 0.15) is 16.5 Å². The Bertz CT molecular complexity index is 1630. The van der Waals surface area contributed by atoms with Crippen molar-refractivity contribution >= 4 is 33.1 Å². The standard InChI is InChI=1S/C27H31N7O4S2/c1-17-16-39-24(29-17)21-11-8-12-34(21)25(35)20-13-19(14-22(30-20)33(3)40(4,36)37)23-31-32-26(38-23)27(2,28)15-18-9-6-5-7-10-18/h5-7,9-10,13-14,16,21H,8,11-12,15,28H2,1-4H3/t21-,27-/m1/s1. The smallest absolute Gasteiger partial charge is 0.273 e. The minimum Gasteiger partial charge on any atom is -0.419 e. The first-order valence-corrected chi connectivity index (χ1v) is 15.5. The molecule has 1 amide bonds. The van der Waals surface area contributed by atoms with E-state index in [1.54, 1.807) is 17.9 Å². The van der Waals surface area contributed by atoms with Gasteiger partial charge in [-0.2, -0.15) is 0 Å². The third-order valence-electron chi connectivity index (χ3n) is 6.86. The lowest BCUT2D eigenvalue weighted by atomic mass is 9.94. The Kier molecular flexibility index (Phi) is 7.46. The van der Waals surface area contributed by atoms with E-state index >= 15 is 0 Å². The summed E-state index contributed by atoms with van der Waals surface area (Å²) in [5.41, 5.74) is 7.96. The third kappa shape index (κ3) is 5.76. The molecular formula is C27H31N7O4S2. The van der Waals surface area contributed by atoms with Crippen LogP contribution >= 0.6 is 11.3 Å². The van der Waals surface area contributed by atoms with Gasteiger partial charge in [0, 0.05) is 30.2 Å². The zero-order valence-corrected chi connectivity index (χ0v) is 24.4. The van der Waals surface area contributed by atoms with Crippen molar-refractivity contribution in [3.05, 3.63) is 75.7 Å². The van der Waals surface area contributed by atoms with Crippen LogP contribution < -0.4 is 10.0 Å². The second-order valence-electron chi connectivity index (χ2n) is 10.3. The number of nitrogens with zero attached hydrogens (tertiary/aromatic N) is 6. The molecule has 2 atom stereocenters. The van der Waals surface area contributed by atoms with Crippen LogP contribution in [0.4, 0.5) is 5.82 Å². The van der Waals surface area contributed by atoms with Crippen LogP contribution in [0.5, 0.6) is 0 Å². The molecule has 0 spiro atoms. The summed E-state index contributed by atoms with van der Waals surface area (Å²) in [4.78, 5) is 24.6. The molecule has 11 nitrogen and oxygen atoms in total. The van der Waals surface area contributed by atoms with Gasteiger partial charge in [-0.3, -0.25) is 9.10 Å². The quantitative estimate of drug-likeness (QED) is 0.329. The van der Waals surface area contributed by atoms with Crippen molar-refractivity contribution in [3.63, 3.8) is 0 Å². The number of carbonyl (C=O) groups is 1. The Balaban J connectivity index is 1.51. The van der Waals surface area contributed by atoms with Gasteiger partial charge in [-0.1, -0.05) is 30.3 Å². The van der Waals surface area contributed by atoms with Gasteiger partial charge in [0.25, 0.3) is 5.91 Å². The fourth-order valence-electron chi connectivity index (χ4n) is 4.69. The summed E-state index contributed by atoms with van der Waals surface area (Å²) in [6.07, 6.45) is 3.15. The van der Waals surface area contributed by atoms with Gasteiger partial charge in [0.2, 0.25) is 21.8 Å². The molecule has 210 valence electrons. The summed E-state index contributed by atoms with van der Waals surface area (Å²) in [7, 11) is -2.29. The number of likely N-dealkylation sites (tertiary alicyclic amines) is 1. The van der Waals surface area contributed by atoms with Crippen LogP contribution in [0.15, 0.2) is 52.3 Å². The van der Waals surface area contributed by atoms with Crippen molar-refractivity contribution in [2.75, 3.05) is 24.2 Å². The summed E-state index contributed by atoms with van der Waals surface area (Å²) < 4.78 is 31.8. The highest BCUT2D eigenvalue weighted by atomic mass is 32.2. The van der Waals surface area contributed by atoms with Crippen LogP contribution in [0.2, 0.25) is 0 Å². The highest BCUT2D eigenvalue weighted by molar-refractivity contribution is 7.92. The fraction of sp³-hybridized carbons (Fsp3) is 0.370. The minimum atomic E-state index is -3.67. The monoisotopic (exact) mass is 581 g/mol. The molecule has 5 rings (SSSR count). The Labute approximate surface area is 237 Å². The summed E-state index contributed by atoms with van der Waals surface area (Å²) in [5, 5.41) is 11.2. The van der Waals surface area contributed by atoms with E-state index in [1.807, 2.05) is 42.6 Å². The van der Waals surface area contributed by atoms with Gasteiger partial charge in [-0.15, -0.1) is 21.5 Å². The summed E-state index contributed by atoms with van der Waals surface area (Å²) in [5.74, 6) is 0.0530. The van der Waals surface area contributed by atoms with E-state index in [2.05, 4.69) is 20.2 Å². The molecule has 4 heterocycles. The summed E-state index contributed by atoms with van der Waals surface area (Å²) >= 11 is 1.52. The topological polar surface area (TPSA) is 148 Å². The number of pyridine rings is 1. The molecule has 1 saturated heterocycles. The molecule has 3 aromatic heterocycles. The molecule has 2 N–H and O–H groups in total. The van der Waals surface area contributed by atoms with E-state index in [9.17, 15) is 13.2 Å². The van der Waals surface area contributed by atoms with Crippen molar-refractivity contribution in [1.82, 2.24) is 25.1 Å². The van der Waals surface area contributed by atoms with E-state index < -0.39 is 15.6 Å². The molecular weight excluding hydrogens is 550 g/mol. The number of benzene rings is 1. The van der Waals surface area contributed by atoms with Crippen LogP contribution in [0.25, 0.3) is 11.5 Å². The lowest BCUT2D eigenvalue weighted by Gasteiger charge is -2.24. The average molecular weight is 582 g/mol. The van der Waals surface area contributed by atoms with Crippen molar-refractivity contribution in [2.24, 2.45) is 5.73 Å². The number of sulfonamides is 1. The molecule has 0 radical (unpaired) electrons. The zero-order valence-electron chi connectivity index (χ0n) is 22.7. The van der Waals surface area contributed by atoms with Gasteiger partial charge in [-0.25, -0.2) is 18.4 Å². The van der Waals surface area contributed by atoms with Crippen molar-refractivity contribution in [1.29, 1.82) is 0 Å². The predicted molar refractivity (Wildman–Crippen MR) is 152 cm³/mol. The number of amides is 1. The molecule has 0 aliphatic carbocycles. The number of rotatable bonds is 8. The number of thiazole rings is 1. The lowest BCUT2D eigenvalue weighted by molar-refractivity contribution is 0.0729. The van der Waals surface area contributed by atoms with Crippen LogP contribution in [-0.2, 0) is 22.0 Å². The number of carbonyl (C=O) groups excluding carboxylic acids is 1. The molecule has 0 bridgehead atoms. The molecule has 40 heavy (non-hydrogen) atoms. The number of aromatic nitrogens is 4. The normalized spacial score (nSPS) is 17.1. The zero-order chi connectivity index (χ0) is 28.7. The van der Waals surface area contributed by atoms with Crippen LogP contribution in [0.3, 0.4) is 0 Å². The first-order chi connectivity index (χ1) is 18.9. The highest BCUT2D eigenvalue weighted by Gasteiger charge is 2.34. The van der Waals surface area contributed by atoms with Gasteiger partial charge < -0.3 is 15.1 Å². The third-order valence-corrected chi connectivity index (χ3v) is 9.11. The fourth-order valence-corrected chi connectivity index (χ4v) is 6.06. The largest absolute Gasteiger partial charge is 0.419 e. The maximum absolute atomic E-state index is 13.8. The highest BCUT2D eigenvalue weighted by Crippen LogP contribution is 2.36. The number of anilines is 1. The minimum absolute atomic E-state index is 0.0590. The maximum Gasteiger partial charge on any atom is 0.273 e. The Hall–Kier alpha value is -3.68. The molecule has 1 aromatic carbocycles. The Morgan fingerprint density at radius 3 is 2.65 bits per heavy atom. The van der Waals surface area contributed by atoms with Crippen molar-refractivity contribution in [3.8, 4) is 11.5 Å². The molecule has 0 saturated carbocycles. The second kappa shape index (κ2) is 10.7. The lowest BCUT2D eigenvalue weighted by Crippen LogP contribution is -2.35. The van der Waals surface area contributed by atoms with Gasteiger partial charge in [0.15, 0.2) is 0 Å². The van der Waals surface area contributed by atoms with Crippen LogP contribution in [-0.4, -0.2) is 59.2 Å².